The summed E-state index contributed by atoms with van der Waals surface area (Å²) in [5, 5.41) is 25.3. The van der Waals surface area contributed by atoms with Gasteiger partial charge >= 0.3 is 0 Å². The number of anilines is 3. The first-order chi connectivity index (χ1) is 30.2. The lowest BCUT2D eigenvalue weighted by atomic mass is 9.89. The summed E-state index contributed by atoms with van der Waals surface area (Å²) in [7, 11) is 2.58. The lowest BCUT2D eigenvalue weighted by molar-refractivity contribution is -0.118. The Balaban J connectivity index is 0.000000225. The predicted molar refractivity (Wildman–Crippen MR) is 245 cm³/mol. The van der Waals surface area contributed by atoms with E-state index in [0.717, 1.165) is 105 Å². The summed E-state index contributed by atoms with van der Waals surface area (Å²) in [5.41, 5.74) is 4.21. The molecule has 0 bridgehead atoms. The smallest absolute Gasteiger partial charge is 0.236 e. The Morgan fingerprint density at radius 1 is 0.984 bits per heavy atom. The van der Waals surface area contributed by atoms with E-state index in [1.54, 1.807) is 13.2 Å². The molecule has 336 valence electrons. The van der Waals surface area contributed by atoms with Gasteiger partial charge in [-0.05, 0) is 106 Å². The molecule has 3 aliphatic heterocycles. The zero-order chi connectivity index (χ0) is 44.1. The topological polar surface area (TPSA) is 187 Å². The zero-order valence-corrected chi connectivity index (χ0v) is 37.8. The van der Waals surface area contributed by atoms with E-state index in [4.69, 9.17) is 5.11 Å². The minimum absolute atomic E-state index is 0.0359. The summed E-state index contributed by atoms with van der Waals surface area (Å²) in [5.74, 6) is 2.15. The van der Waals surface area contributed by atoms with Gasteiger partial charge in [0, 0.05) is 63.8 Å². The van der Waals surface area contributed by atoms with Crippen molar-refractivity contribution in [1.82, 2.24) is 34.3 Å². The van der Waals surface area contributed by atoms with E-state index in [9.17, 15) is 18.6 Å². The lowest BCUT2D eigenvalue weighted by Crippen LogP contribution is -2.33. The number of carbonyl (C=O) groups is 3. The van der Waals surface area contributed by atoms with Gasteiger partial charge in [-0.3, -0.25) is 24.0 Å². The highest BCUT2D eigenvalue weighted by Gasteiger charge is 2.57. The molecule has 4 aromatic rings. The van der Waals surface area contributed by atoms with Crippen molar-refractivity contribution >= 4 is 57.7 Å². The summed E-state index contributed by atoms with van der Waals surface area (Å²) < 4.78 is 17.0. The molecule has 2 saturated carbocycles. The number of hydrogen-bond donors (Lipinski definition) is 5. The largest absolute Gasteiger partial charge is 0.393 e. The number of nitrogens with one attached hydrogen (secondary N) is 4. The molecule has 2 aromatic carbocycles. The molecule has 15 nitrogen and oxygen atoms in total. The van der Waals surface area contributed by atoms with E-state index in [-0.39, 0.29) is 29.8 Å². The van der Waals surface area contributed by atoms with Crippen molar-refractivity contribution in [2.75, 3.05) is 55.7 Å². The first kappa shape index (κ1) is 46.7. The first-order valence-electron chi connectivity index (χ1n) is 22.6. The van der Waals surface area contributed by atoms with Crippen molar-refractivity contribution in [3.05, 3.63) is 65.4 Å². The number of nitrogens with zero attached hydrogens (tertiary/aromatic N) is 6. The summed E-state index contributed by atoms with van der Waals surface area (Å²) in [6, 6.07) is 14.7. The normalized spacial score (nSPS) is 19.0. The van der Waals surface area contributed by atoms with Gasteiger partial charge in [0.25, 0.3) is 0 Å². The fraction of sp³-hybridized carbons (Fsp3) is 0.565. The molecule has 5 heterocycles. The highest BCUT2D eigenvalue weighted by atomic mass is 32.2. The average Bonchev–Trinajstić information content (AvgIpc) is 4.00. The van der Waals surface area contributed by atoms with Crippen LogP contribution in [0, 0.1) is 0 Å². The van der Waals surface area contributed by atoms with Crippen molar-refractivity contribution in [2.45, 2.75) is 126 Å². The maximum absolute atomic E-state index is 13.1. The van der Waals surface area contributed by atoms with Gasteiger partial charge < -0.3 is 26.4 Å². The molecule has 2 saturated heterocycles. The minimum Gasteiger partial charge on any atom is -0.393 e. The molecule has 2 aromatic heterocycles. The number of fused-ring (bicyclic) bond motifs is 3. The third-order valence-electron chi connectivity index (χ3n) is 12.3. The van der Waals surface area contributed by atoms with E-state index in [0.29, 0.717) is 36.5 Å². The molecule has 0 radical (unpaired) electrons. The number of benzene rings is 2. The van der Waals surface area contributed by atoms with E-state index in [1.165, 1.54) is 36.8 Å². The summed E-state index contributed by atoms with van der Waals surface area (Å²) >= 11 is 0. The number of aryl methyl sites for hydroxylation is 1. The Morgan fingerprint density at radius 3 is 2.37 bits per heavy atom. The van der Waals surface area contributed by atoms with Crippen molar-refractivity contribution in [1.29, 1.82) is 0 Å². The average molecular weight is 871 g/mol. The van der Waals surface area contributed by atoms with E-state index in [2.05, 4.69) is 75.9 Å². The number of aliphatic hydroxyl groups excluding tert-OH is 1. The van der Waals surface area contributed by atoms with Crippen LogP contribution in [0.3, 0.4) is 0 Å². The molecule has 16 heteroatoms. The summed E-state index contributed by atoms with van der Waals surface area (Å²) in [4.78, 5) is 46.0. The zero-order valence-electron chi connectivity index (χ0n) is 37.0. The Labute approximate surface area is 368 Å². The van der Waals surface area contributed by atoms with Crippen LogP contribution in [0.15, 0.2) is 53.6 Å². The molecular formula is C46H66N10O5S. The molecule has 62 heavy (non-hydrogen) atoms. The third-order valence-corrected chi connectivity index (χ3v) is 13.8. The van der Waals surface area contributed by atoms with Crippen molar-refractivity contribution in [3.63, 3.8) is 0 Å². The molecule has 9 rings (SSSR count). The highest BCUT2D eigenvalue weighted by molar-refractivity contribution is 7.82. The molecule has 1 atom stereocenters. The predicted octanol–water partition coefficient (Wildman–Crippen LogP) is 6.38. The monoisotopic (exact) mass is 870 g/mol. The molecule has 1 unspecified atom stereocenters. The fourth-order valence-electron chi connectivity index (χ4n) is 8.67. The van der Waals surface area contributed by atoms with Crippen LogP contribution in [-0.4, -0.2) is 102 Å². The van der Waals surface area contributed by atoms with Gasteiger partial charge in [0.05, 0.1) is 21.9 Å². The lowest BCUT2D eigenvalue weighted by Gasteiger charge is -2.32. The van der Waals surface area contributed by atoms with Crippen molar-refractivity contribution < 1.29 is 23.7 Å². The second-order valence-corrected chi connectivity index (χ2v) is 18.1. The SMILES string of the molecule is CC.CNc1ncc2c(n1)NC(=O)C21CC1.Cn1nc(NC(=O)CCNC=O)c2ccc(C3CCN(Cc4cccc(S(=O)N5CCCCC5)c4)CC3)cc21.OC1CCCCC1. The van der Waals surface area contributed by atoms with Crippen LogP contribution in [0.5, 0.6) is 0 Å². The van der Waals surface area contributed by atoms with Gasteiger partial charge in [-0.1, -0.05) is 57.7 Å². The number of aliphatic hydroxyl groups is 1. The van der Waals surface area contributed by atoms with E-state index in [1.807, 2.05) is 37.7 Å². The molecule has 5 N–H and O–H groups in total. The van der Waals surface area contributed by atoms with Crippen LogP contribution < -0.4 is 21.3 Å². The molecule has 2 aliphatic carbocycles. The van der Waals surface area contributed by atoms with Gasteiger partial charge in [0.2, 0.25) is 24.2 Å². The number of hydrogen-bond acceptors (Lipinski definition) is 10. The number of piperidine rings is 2. The van der Waals surface area contributed by atoms with Crippen LogP contribution in [-0.2, 0) is 44.4 Å². The maximum Gasteiger partial charge on any atom is 0.236 e. The number of aromatic nitrogens is 4. The third kappa shape index (κ3) is 11.8. The molecular weight excluding hydrogens is 805 g/mol. The van der Waals surface area contributed by atoms with E-state index >= 15 is 0 Å². The summed E-state index contributed by atoms with van der Waals surface area (Å²) in [6.45, 7) is 9.06. The van der Waals surface area contributed by atoms with E-state index < -0.39 is 11.0 Å². The maximum atomic E-state index is 13.1. The minimum atomic E-state index is -1.07. The Morgan fingerprint density at radius 2 is 1.71 bits per heavy atom. The van der Waals surface area contributed by atoms with Gasteiger partial charge in [0.15, 0.2) is 5.82 Å². The van der Waals surface area contributed by atoms with Crippen LogP contribution in [0.2, 0.25) is 0 Å². The fourth-order valence-corrected chi connectivity index (χ4v) is 10.0. The number of rotatable bonds is 11. The van der Waals surface area contributed by atoms with Gasteiger partial charge in [-0.2, -0.15) is 10.1 Å². The molecule has 1 spiro atoms. The van der Waals surface area contributed by atoms with Gasteiger partial charge in [-0.15, -0.1) is 0 Å². The van der Waals surface area contributed by atoms with Crippen molar-refractivity contribution in [3.8, 4) is 0 Å². The number of amides is 3. The van der Waals surface area contributed by atoms with Crippen LogP contribution >= 0.6 is 0 Å². The molecule has 4 fully saturated rings. The van der Waals surface area contributed by atoms with Gasteiger partial charge in [-0.25, -0.2) is 13.5 Å². The Hall–Kier alpha value is -4.77. The highest BCUT2D eigenvalue weighted by Crippen LogP contribution is 2.54. The second-order valence-electron chi connectivity index (χ2n) is 16.6. The quantitative estimate of drug-likeness (QED) is 0.0837. The summed E-state index contributed by atoms with van der Waals surface area (Å²) in [6.07, 6.45) is 16.0. The van der Waals surface area contributed by atoms with Crippen molar-refractivity contribution in [2.24, 2.45) is 7.05 Å². The Kier molecular flexibility index (Phi) is 17.0. The molecule has 3 amide bonds. The number of carbonyl (C=O) groups excluding carboxylic acids is 3. The first-order valence-corrected chi connectivity index (χ1v) is 23.7. The Bertz CT molecular complexity index is 2140. The van der Waals surface area contributed by atoms with Gasteiger partial charge in [0.1, 0.15) is 16.8 Å². The number of likely N-dealkylation sites (tertiary alicyclic amines) is 1. The van der Waals surface area contributed by atoms with Crippen LogP contribution in [0.25, 0.3) is 10.9 Å². The van der Waals surface area contributed by atoms with Crippen LogP contribution in [0.1, 0.15) is 120 Å². The standard InChI is InChI=1S/C29H38N6O3S.C9H10N4O.C6H12O.C2H6/c1-33-27-19-24(8-9-26(27)29(32-33)31-28(37)10-13-30-21-36)23-11-16-34(17-12-23)20-22-6-5-7-25(18-22)39(38)35-14-3-2-4-15-35;1-10-8-11-4-5-6(13-8)12-7(14)9(5)2-3-9;7-6-4-2-1-3-5-6;1-2/h5-9,18-19,21,23H,2-4,10-17,20H2,1H3,(H,30,36)(H,31,32,37);4H,2-3H2,1H3,(H2,10,11,12,13,14);6-7H,1-5H2;1-2H3. The van der Waals surface area contributed by atoms with Crippen LogP contribution in [0.4, 0.5) is 17.6 Å². The molecule has 5 aliphatic rings. The second kappa shape index (κ2) is 22.5.